The van der Waals surface area contributed by atoms with Crippen molar-refractivity contribution in [1.29, 1.82) is 0 Å². The average Bonchev–Trinajstić information content (AvgIpc) is 2.72. The maximum absolute atomic E-state index is 13.2. The summed E-state index contributed by atoms with van der Waals surface area (Å²) in [5.41, 5.74) is 2.17. The van der Waals surface area contributed by atoms with E-state index in [0.717, 1.165) is 48.3 Å². The summed E-state index contributed by atoms with van der Waals surface area (Å²) < 4.78 is 0. The summed E-state index contributed by atoms with van der Waals surface area (Å²) >= 11 is 0. The molecule has 0 radical (unpaired) electrons. The Balaban J connectivity index is 1.23. The summed E-state index contributed by atoms with van der Waals surface area (Å²) in [7, 11) is 0. The maximum atomic E-state index is 13.2. The van der Waals surface area contributed by atoms with Crippen LogP contribution in [0.2, 0.25) is 0 Å². The number of nitrogens with zero attached hydrogens (tertiary/aromatic N) is 1. The molecule has 5 nitrogen and oxygen atoms in total. The maximum Gasteiger partial charge on any atom is 0.253 e. The Morgan fingerprint density at radius 1 is 1.00 bits per heavy atom. The first-order valence-electron chi connectivity index (χ1n) is 10.7. The van der Waals surface area contributed by atoms with Crippen LogP contribution in [0.15, 0.2) is 48.8 Å². The van der Waals surface area contributed by atoms with Gasteiger partial charge in [-0.25, -0.2) is 0 Å². The van der Waals surface area contributed by atoms with Gasteiger partial charge in [-0.2, -0.15) is 0 Å². The molecular formula is C24H27N3O2. The van der Waals surface area contributed by atoms with Crippen LogP contribution in [-0.4, -0.2) is 16.8 Å². The van der Waals surface area contributed by atoms with Gasteiger partial charge in [-0.3, -0.25) is 14.6 Å². The van der Waals surface area contributed by atoms with Gasteiger partial charge in [0.25, 0.3) is 5.91 Å². The van der Waals surface area contributed by atoms with Crippen LogP contribution in [0.3, 0.4) is 0 Å². The molecule has 2 N–H and O–H groups in total. The molecule has 4 saturated carbocycles. The van der Waals surface area contributed by atoms with Gasteiger partial charge in [-0.05, 0) is 86.1 Å². The molecule has 2 aromatic rings. The van der Waals surface area contributed by atoms with Gasteiger partial charge in [0.1, 0.15) is 0 Å². The molecule has 4 bridgehead atoms. The van der Waals surface area contributed by atoms with Crippen LogP contribution in [0.1, 0.15) is 54.4 Å². The summed E-state index contributed by atoms with van der Waals surface area (Å²) in [4.78, 5) is 29.4. The number of hydrogen-bond donors (Lipinski definition) is 2. The smallest absolute Gasteiger partial charge is 0.253 e. The fourth-order valence-corrected chi connectivity index (χ4v) is 6.19. The van der Waals surface area contributed by atoms with Crippen molar-refractivity contribution < 1.29 is 9.59 Å². The Kier molecular flexibility index (Phi) is 4.61. The standard InChI is InChI=1S/C24H27N3O2/c28-22(20-4-2-6-25-15-20)26-14-16-3-1-5-21(10-16)27-23(29)24-11-17-7-18(12-24)9-19(8-17)13-24/h1-6,10,15,17-19H,7-9,11-14H2,(H,26,28)(H,27,29). The van der Waals surface area contributed by atoms with Gasteiger partial charge in [0.15, 0.2) is 0 Å². The van der Waals surface area contributed by atoms with Crippen LogP contribution in [0.25, 0.3) is 0 Å². The first-order chi connectivity index (χ1) is 14.1. The minimum absolute atomic E-state index is 0.152. The lowest BCUT2D eigenvalue weighted by molar-refractivity contribution is -0.140. The van der Waals surface area contributed by atoms with E-state index in [1.54, 1.807) is 24.5 Å². The molecule has 4 fully saturated rings. The van der Waals surface area contributed by atoms with Gasteiger partial charge in [-0.1, -0.05) is 12.1 Å². The normalized spacial score (nSPS) is 29.4. The summed E-state index contributed by atoms with van der Waals surface area (Å²) in [6.45, 7) is 0.412. The highest BCUT2D eigenvalue weighted by molar-refractivity contribution is 5.96. The van der Waals surface area contributed by atoms with Gasteiger partial charge in [0.05, 0.1) is 11.0 Å². The molecule has 1 aromatic carbocycles. The molecule has 6 rings (SSSR count). The molecule has 29 heavy (non-hydrogen) atoms. The van der Waals surface area contributed by atoms with E-state index in [-0.39, 0.29) is 17.2 Å². The van der Waals surface area contributed by atoms with E-state index in [2.05, 4.69) is 15.6 Å². The molecule has 0 spiro atoms. The summed E-state index contributed by atoms with van der Waals surface area (Å²) in [5, 5.41) is 6.11. The fraction of sp³-hybridized carbons (Fsp3) is 0.458. The Labute approximate surface area is 171 Å². The van der Waals surface area contributed by atoms with E-state index in [1.165, 1.54) is 19.3 Å². The topological polar surface area (TPSA) is 71.1 Å². The molecule has 4 aliphatic carbocycles. The zero-order chi connectivity index (χ0) is 19.8. The number of carbonyl (C=O) groups excluding carboxylic acids is 2. The van der Waals surface area contributed by atoms with Crippen molar-refractivity contribution in [1.82, 2.24) is 10.3 Å². The van der Waals surface area contributed by atoms with Crippen LogP contribution in [-0.2, 0) is 11.3 Å². The van der Waals surface area contributed by atoms with Crippen LogP contribution in [0, 0.1) is 23.2 Å². The van der Waals surface area contributed by atoms with E-state index in [1.807, 2.05) is 24.3 Å². The minimum Gasteiger partial charge on any atom is -0.348 e. The molecule has 4 aliphatic rings. The Morgan fingerprint density at radius 2 is 1.72 bits per heavy atom. The van der Waals surface area contributed by atoms with Gasteiger partial charge in [-0.15, -0.1) is 0 Å². The second-order valence-electron chi connectivity index (χ2n) is 9.28. The van der Waals surface area contributed by atoms with Crippen molar-refractivity contribution in [3.05, 3.63) is 59.9 Å². The van der Waals surface area contributed by atoms with E-state index < -0.39 is 0 Å². The number of benzene rings is 1. The Hall–Kier alpha value is -2.69. The number of amides is 2. The highest BCUT2D eigenvalue weighted by atomic mass is 16.2. The zero-order valence-corrected chi connectivity index (χ0v) is 16.6. The monoisotopic (exact) mass is 389 g/mol. The third kappa shape index (κ3) is 3.66. The third-order valence-corrected chi connectivity index (χ3v) is 7.08. The predicted octanol–water partition coefficient (Wildman–Crippen LogP) is 4.17. The molecule has 1 aromatic heterocycles. The highest BCUT2D eigenvalue weighted by Crippen LogP contribution is 2.60. The van der Waals surface area contributed by atoms with E-state index in [9.17, 15) is 9.59 Å². The number of carbonyl (C=O) groups is 2. The summed E-state index contributed by atoms with van der Waals surface area (Å²) in [5.74, 6) is 2.30. The molecule has 2 amide bonds. The van der Waals surface area contributed by atoms with Crippen molar-refractivity contribution >= 4 is 17.5 Å². The number of aromatic nitrogens is 1. The SMILES string of the molecule is O=C(NCc1cccc(NC(=O)C23CC4CC(CC(C4)C2)C3)c1)c1cccnc1. The quantitative estimate of drug-likeness (QED) is 0.806. The molecule has 150 valence electrons. The lowest BCUT2D eigenvalue weighted by atomic mass is 9.49. The van der Waals surface area contributed by atoms with Crippen molar-refractivity contribution in [2.45, 2.75) is 45.1 Å². The van der Waals surface area contributed by atoms with Crippen molar-refractivity contribution in [3.63, 3.8) is 0 Å². The number of rotatable bonds is 5. The lowest BCUT2D eigenvalue weighted by Crippen LogP contribution is -2.51. The lowest BCUT2D eigenvalue weighted by Gasteiger charge is -2.55. The number of pyridine rings is 1. The van der Waals surface area contributed by atoms with Crippen LogP contribution in [0.4, 0.5) is 5.69 Å². The van der Waals surface area contributed by atoms with Crippen LogP contribution < -0.4 is 10.6 Å². The van der Waals surface area contributed by atoms with Gasteiger partial charge in [0, 0.05) is 24.6 Å². The summed E-state index contributed by atoms with van der Waals surface area (Å²) in [6.07, 6.45) is 10.4. The predicted molar refractivity (Wildman–Crippen MR) is 111 cm³/mol. The molecule has 5 heteroatoms. The van der Waals surface area contributed by atoms with E-state index in [4.69, 9.17) is 0 Å². The van der Waals surface area contributed by atoms with Gasteiger partial charge in [0.2, 0.25) is 5.91 Å². The molecular weight excluding hydrogens is 362 g/mol. The second kappa shape index (κ2) is 7.29. The number of hydrogen-bond acceptors (Lipinski definition) is 3. The van der Waals surface area contributed by atoms with Crippen molar-refractivity contribution in [2.24, 2.45) is 23.2 Å². The molecule has 0 saturated heterocycles. The minimum atomic E-state index is -0.153. The zero-order valence-electron chi connectivity index (χ0n) is 16.6. The third-order valence-electron chi connectivity index (χ3n) is 7.08. The number of anilines is 1. The average molecular weight is 389 g/mol. The highest BCUT2D eigenvalue weighted by Gasteiger charge is 2.54. The van der Waals surface area contributed by atoms with Gasteiger partial charge >= 0.3 is 0 Å². The molecule has 0 aliphatic heterocycles. The Morgan fingerprint density at radius 3 is 2.38 bits per heavy atom. The number of nitrogens with one attached hydrogen (secondary N) is 2. The van der Waals surface area contributed by atoms with E-state index in [0.29, 0.717) is 12.1 Å². The van der Waals surface area contributed by atoms with Crippen LogP contribution in [0.5, 0.6) is 0 Å². The second-order valence-corrected chi connectivity index (χ2v) is 9.28. The fourth-order valence-electron chi connectivity index (χ4n) is 6.19. The van der Waals surface area contributed by atoms with Crippen molar-refractivity contribution in [2.75, 3.05) is 5.32 Å². The molecule has 0 unspecified atom stereocenters. The van der Waals surface area contributed by atoms with E-state index >= 15 is 0 Å². The van der Waals surface area contributed by atoms with Crippen LogP contribution >= 0.6 is 0 Å². The molecule has 0 atom stereocenters. The molecule has 1 heterocycles. The Bertz CT molecular complexity index is 889. The first-order valence-corrected chi connectivity index (χ1v) is 10.7. The first kappa shape index (κ1) is 18.3. The largest absolute Gasteiger partial charge is 0.348 e. The van der Waals surface area contributed by atoms with Crippen molar-refractivity contribution in [3.8, 4) is 0 Å². The van der Waals surface area contributed by atoms with Gasteiger partial charge < -0.3 is 10.6 Å². The summed E-state index contributed by atoms with van der Waals surface area (Å²) in [6, 6.07) is 11.3.